The molecule has 5 heteroatoms. The highest BCUT2D eigenvalue weighted by molar-refractivity contribution is 7.00. The lowest BCUT2D eigenvalue weighted by Crippen LogP contribution is -2.49. The smallest absolute Gasteiger partial charge is 0.243 e. The van der Waals surface area contributed by atoms with E-state index in [4.69, 9.17) is 14.7 Å². The first-order chi connectivity index (χ1) is 22.3. The summed E-state index contributed by atoms with van der Waals surface area (Å²) in [4.78, 5) is 11.9. The van der Waals surface area contributed by atoms with E-state index in [1.807, 2.05) is 48.8 Å². The van der Waals surface area contributed by atoms with E-state index < -0.39 is 0 Å². The van der Waals surface area contributed by atoms with Crippen molar-refractivity contribution in [2.45, 2.75) is 0 Å². The Bertz CT molecular complexity index is 2410. The number of nitrogens with zero attached hydrogens (tertiary/aromatic N) is 3. The van der Waals surface area contributed by atoms with Crippen molar-refractivity contribution in [2.24, 2.45) is 0 Å². The first-order valence-corrected chi connectivity index (χ1v) is 15.3. The van der Waals surface area contributed by atoms with Crippen LogP contribution in [0.3, 0.4) is 0 Å². The van der Waals surface area contributed by atoms with E-state index in [0.29, 0.717) is 0 Å². The second-order valence-corrected chi connectivity index (χ2v) is 11.7. The van der Waals surface area contributed by atoms with Crippen molar-refractivity contribution in [1.82, 2.24) is 9.97 Å². The lowest BCUT2D eigenvalue weighted by atomic mass is 9.38. The number of aromatic nitrogens is 2. The molecule has 8 aromatic rings. The van der Waals surface area contributed by atoms with Crippen molar-refractivity contribution in [3.05, 3.63) is 146 Å². The molecule has 10 rings (SSSR count). The summed E-state index contributed by atoms with van der Waals surface area (Å²) in [5, 5.41) is 4.76. The van der Waals surface area contributed by atoms with E-state index in [9.17, 15) is 0 Å². The van der Waals surface area contributed by atoms with Gasteiger partial charge in [-0.25, -0.2) is 0 Å². The van der Waals surface area contributed by atoms with Gasteiger partial charge in [0.25, 0.3) is 0 Å². The van der Waals surface area contributed by atoms with Crippen LogP contribution in [0.25, 0.3) is 43.7 Å². The maximum Gasteiger partial charge on any atom is 0.243 e. The second-order valence-electron chi connectivity index (χ2n) is 11.7. The van der Waals surface area contributed by atoms with Crippen LogP contribution >= 0.6 is 0 Å². The zero-order valence-electron chi connectivity index (χ0n) is 24.2. The van der Waals surface area contributed by atoms with Crippen LogP contribution in [0.2, 0.25) is 0 Å². The Labute approximate surface area is 260 Å². The fourth-order valence-electron chi connectivity index (χ4n) is 7.57. The van der Waals surface area contributed by atoms with Crippen LogP contribution in [-0.2, 0) is 0 Å². The molecular weight excluding hydrogens is 549 g/mol. The topological polar surface area (TPSA) is 38.2 Å². The van der Waals surface area contributed by atoms with Crippen molar-refractivity contribution >= 4 is 72.7 Å². The third-order valence-corrected chi connectivity index (χ3v) is 9.41. The number of rotatable bonds is 2. The van der Waals surface area contributed by atoms with Crippen LogP contribution in [0.5, 0.6) is 11.5 Å². The molecule has 0 unspecified atom stereocenters. The summed E-state index contributed by atoms with van der Waals surface area (Å²) in [7, 11) is 0. The summed E-state index contributed by atoms with van der Waals surface area (Å²) in [6.07, 6.45) is 3.74. The Kier molecular flexibility index (Phi) is 5.05. The predicted octanol–water partition coefficient (Wildman–Crippen LogP) is 8.01. The Morgan fingerprint density at radius 1 is 0.511 bits per heavy atom. The third kappa shape index (κ3) is 3.43. The van der Waals surface area contributed by atoms with Gasteiger partial charge in [-0.3, -0.25) is 9.97 Å². The van der Waals surface area contributed by atoms with Crippen LogP contribution in [-0.4, -0.2) is 16.7 Å². The van der Waals surface area contributed by atoms with E-state index in [1.165, 1.54) is 38.3 Å². The molecule has 0 spiro atoms. The van der Waals surface area contributed by atoms with Gasteiger partial charge in [0, 0.05) is 28.9 Å². The van der Waals surface area contributed by atoms with Gasteiger partial charge in [0.1, 0.15) is 0 Å². The molecule has 2 aromatic heterocycles. The van der Waals surface area contributed by atoms with Gasteiger partial charge in [0.2, 0.25) is 6.71 Å². The van der Waals surface area contributed by atoms with E-state index in [2.05, 4.69) is 102 Å². The molecule has 0 saturated carbocycles. The molecule has 0 amide bonds. The third-order valence-electron chi connectivity index (χ3n) is 9.41. The minimum Gasteiger partial charge on any atom is -0.453 e. The number of hydrogen-bond donors (Lipinski definition) is 0. The normalized spacial score (nSPS) is 13.0. The molecule has 0 aliphatic carbocycles. The van der Waals surface area contributed by atoms with Gasteiger partial charge in [-0.15, -0.1) is 0 Å². The number of pyridine rings is 2. The number of anilines is 3. The first-order valence-electron chi connectivity index (χ1n) is 15.3. The van der Waals surface area contributed by atoms with Gasteiger partial charge in [0.15, 0.2) is 11.5 Å². The van der Waals surface area contributed by atoms with Gasteiger partial charge >= 0.3 is 0 Å². The largest absolute Gasteiger partial charge is 0.453 e. The highest BCUT2D eigenvalue weighted by atomic mass is 16.5. The molecule has 2 aliphatic rings. The van der Waals surface area contributed by atoms with Crippen molar-refractivity contribution in [2.75, 3.05) is 4.90 Å². The quantitative estimate of drug-likeness (QED) is 0.155. The molecule has 0 fully saturated rings. The van der Waals surface area contributed by atoms with Crippen molar-refractivity contribution < 1.29 is 4.74 Å². The molecule has 0 atom stereocenters. The summed E-state index contributed by atoms with van der Waals surface area (Å²) in [6.45, 7) is 0.0794. The van der Waals surface area contributed by atoms with Crippen molar-refractivity contribution in [1.29, 1.82) is 0 Å². The number of para-hydroxylation sites is 4. The summed E-state index contributed by atoms with van der Waals surface area (Å²) >= 11 is 0. The van der Waals surface area contributed by atoms with E-state index >= 15 is 0 Å². The molecule has 6 aromatic carbocycles. The minimum absolute atomic E-state index is 0.0794. The zero-order chi connectivity index (χ0) is 29.5. The Morgan fingerprint density at radius 2 is 1.16 bits per heavy atom. The molecule has 0 saturated heterocycles. The van der Waals surface area contributed by atoms with Crippen LogP contribution in [0.15, 0.2) is 146 Å². The van der Waals surface area contributed by atoms with Crippen molar-refractivity contribution in [3.8, 4) is 22.6 Å². The van der Waals surface area contributed by atoms with Gasteiger partial charge in [0.05, 0.1) is 22.4 Å². The molecule has 2 aliphatic heterocycles. The predicted molar refractivity (Wildman–Crippen MR) is 186 cm³/mol. The summed E-state index contributed by atoms with van der Waals surface area (Å²) in [5.74, 6) is 1.71. The van der Waals surface area contributed by atoms with Crippen LogP contribution < -0.4 is 26.0 Å². The van der Waals surface area contributed by atoms with Gasteiger partial charge in [-0.05, 0) is 70.4 Å². The van der Waals surface area contributed by atoms with Gasteiger partial charge in [-0.2, -0.15) is 0 Å². The molecule has 208 valence electrons. The minimum atomic E-state index is 0.0794. The van der Waals surface area contributed by atoms with E-state index in [1.54, 1.807) is 0 Å². The monoisotopic (exact) mass is 573 g/mol. The van der Waals surface area contributed by atoms with Crippen LogP contribution in [0.1, 0.15) is 0 Å². The van der Waals surface area contributed by atoms with E-state index in [-0.39, 0.29) is 6.71 Å². The molecule has 45 heavy (non-hydrogen) atoms. The molecule has 4 nitrogen and oxygen atoms in total. The highest BCUT2D eigenvalue weighted by Crippen LogP contribution is 2.50. The Hall–Kier alpha value is -5.94. The maximum atomic E-state index is 6.27. The average molecular weight is 573 g/mol. The van der Waals surface area contributed by atoms with Gasteiger partial charge < -0.3 is 9.64 Å². The van der Waals surface area contributed by atoms with Crippen LogP contribution in [0, 0.1) is 0 Å². The molecule has 0 N–H and O–H groups in total. The molecule has 0 radical (unpaired) electrons. The summed E-state index contributed by atoms with van der Waals surface area (Å²) in [5.41, 5.74) is 11.6. The number of fused-ring (bicyclic) bond motifs is 12. The first kappa shape index (κ1) is 24.5. The summed E-state index contributed by atoms with van der Waals surface area (Å²) < 4.78 is 6.27. The lowest BCUT2D eigenvalue weighted by Gasteiger charge is -2.32. The Morgan fingerprint density at radius 3 is 1.91 bits per heavy atom. The molecule has 0 bridgehead atoms. The van der Waals surface area contributed by atoms with Crippen molar-refractivity contribution in [3.63, 3.8) is 0 Å². The number of benzene rings is 6. The zero-order valence-corrected chi connectivity index (χ0v) is 24.2. The standard InChI is InChI=1S/C40H24BN3O/c1-2-12-32-27(9-1)29-22-21-28-30-10-7-23-42-39(30)40-31(11-8-24-43-40)37(28)38(29)41(32)25-17-19-26(20-18-25)44-33-13-3-5-15-35(33)45-36-16-6-4-14-34(36)44/h1-24H. The number of hydrogen-bond acceptors (Lipinski definition) is 4. The molecular formula is C40H24BN3O. The maximum absolute atomic E-state index is 6.27. The SMILES string of the molecule is c1ccc2c(c1)Oc1ccccc1N2c1ccc(B2c3ccccc3-c3ccc4c5cccnc5c5ncccc5c4c32)cc1. The fourth-order valence-corrected chi connectivity index (χ4v) is 7.57. The fraction of sp³-hybridized carbons (Fsp3) is 0. The number of ether oxygens (including phenoxy) is 1. The second kappa shape index (κ2) is 9.28. The summed E-state index contributed by atoms with van der Waals surface area (Å²) in [6, 6.07) is 47.5. The molecule has 4 heterocycles. The van der Waals surface area contributed by atoms with Gasteiger partial charge in [-0.1, -0.05) is 101 Å². The average Bonchev–Trinajstić information content (AvgIpc) is 3.45. The Balaban J connectivity index is 1.21. The lowest BCUT2D eigenvalue weighted by molar-refractivity contribution is 0.477. The van der Waals surface area contributed by atoms with Crippen LogP contribution in [0.4, 0.5) is 17.1 Å². The van der Waals surface area contributed by atoms with E-state index in [0.717, 1.165) is 50.4 Å². The highest BCUT2D eigenvalue weighted by Gasteiger charge is 2.36.